The van der Waals surface area contributed by atoms with Crippen LogP contribution in [0.3, 0.4) is 0 Å². The van der Waals surface area contributed by atoms with Crippen molar-refractivity contribution in [2.45, 2.75) is 0 Å². The molecular weight excluding hydrogens is 735 g/mol. The molecule has 0 atom stereocenters. The molecule has 0 saturated heterocycles. The lowest BCUT2D eigenvalue weighted by atomic mass is 9.98. The lowest BCUT2D eigenvalue weighted by Crippen LogP contribution is -2.00. The maximum atomic E-state index is 5.27. The molecule has 11 aromatic rings. The van der Waals surface area contributed by atoms with Gasteiger partial charge in [0.1, 0.15) is 0 Å². The predicted octanol–water partition coefficient (Wildman–Crippen LogP) is 15.1. The van der Waals surface area contributed by atoms with Gasteiger partial charge in [0, 0.05) is 36.9 Å². The number of fused-ring (bicyclic) bond motifs is 4. The molecule has 11 rings (SSSR count). The van der Waals surface area contributed by atoms with Gasteiger partial charge in [-0.3, -0.25) is 0 Å². The summed E-state index contributed by atoms with van der Waals surface area (Å²) < 4.78 is 2.44. The molecule has 0 radical (unpaired) electrons. The zero-order chi connectivity index (χ0) is 39.1. The smallest absolute Gasteiger partial charge is 0.164 e. The highest BCUT2D eigenvalue weighted by atomic mass is 32.1. The van der Waals surface area contributed by atoms with E-state index in [1.54, 1.807) is 0 Å². The molecule has 0 amide bonds. The van der Waals surface area contributed by atoms with E-state index in [9.17, 15) is 0 Å². The van der Waals surface area contributed by atoms with Crippen molar-refractivity contribution in [1.82, 2.24) is 15.0 Å². The first-order valence-electron chi connectivity index (χ1n) is 19.8. The van der Waals surface area contributed by atoms with Gasteiger partial charge in [0.15, 0.2) is 17.5 Å². The number of hydrogen-bond acceptors (Lipinski definition) is 4. The van der Waals surface area contributed by atoms with Crippen LogP contribution in [-0.4, -0.2) is 15.0 Å². The van der Waals surface area contributed by atoms with Crippen molar-refractivity contribution in [3.8, 4) is 78.7 Å². The molecular formula is C55H35N3S. The third kappa shape index (κ3) is 6.56. The van der Waals surface area contributed by atoms with Crippen molar-refractivity contribution in [3.05, 3.63) is 212 Å². The van der Waals surface area contributed by atoms with E-state index in [1.165, 1.54) is 59.1 Å². The first kappa shape index (κ1) is 34.7. The van der Waals surface area contributed by atoms with Crippen molar-refractivity contribution in [1.29, 1.82) is 0 Å². The van der Waals surface area contributed by atoms with Crippen molar-refractivity contribution in [3.63, 3.8) is 0 Å². The van der Waals surface area contributed by atoms with E-state index in [1.807, 2.05) is 17.4 Å². The number of nitrogens with zero attached hydrogens (tertiary/aromatic N) is 3. The molecule has 0 N–H and O–H groups in total. The fourth-order valence-electron chi connectivity index (χ4n) is 8.13. The summed E-state index contributed by atoms with van der Waals surface area (Å²) in [6, 6.07) is 75.2. The molecule has 4 heteroatoms. The summed E-state index contributed by atoms with van der Waals surface area (Å²) in [7, 11) is 0. The Morgan fingerprint density at radius 1 is 0.288 bits per heavy atom. The Labute approximate surface area is 346 Å². The Morgan fingerprint density at radius 3 is 1.36 bits per heavy atom. The third-order valence-electron chi connectivity index (χ3n) is 11.2. The molecule has 0 aliphatic heterocycles. The van der Waals surface area contributed by atoms with Gasteiger partial charge in [-0.15, -0.1) is 11.3 Å². The van der Waals surface area contributed by atoms with Gasteiger partial charge in [0.2, 0.25) is 0 Å². The predicted molar refractivity (Wildman–Crippen MR) is 248 cm³/mol. The Kier molecular flexibility index (Phi) is 8.68. The molecule has 0 bridgehead atoms. The summed E-state index contributed by atoms with van der Waals surface area (Å²) in [4.78, 5) is 15.7. The molecule has 0 aliphatic carbocycles. The Hall–Kier alpha value is -7.53. The lowest BCUT2D eigenvalue weighted by Gasteiger charge is -2.11. The van der Waals surface area contributed by atoms with Crippen LogP contribution in [0.4, 0.5) is 0 Å². The Bertz CT molecular complexity index is 3280. The van der Waals surface area contributed by atoms with Crippen molar-refractivity contribution >= 4 is 42.3 Å². The van der Waals surface area contributed by atoms with Crippen LogP contribution in [0, 0.1) is 0 Å². The highest BCUT2D eigenvalue weighted by Crippen LogP contribution is 2.44. The second-order valence-corrected chi connectivity index (χ2v) is 15.9. The molecule has 59 heavy (non-hydrogen) atoms. The topological polar surface area (TPSA) is 38.7 Å². The summed E-state index contributed by atoms with van der Waals surface area (Å²) in [5.41, 5.74) is 12.4. The second-order valence-electron chi connectivity index (χ2n) is 14.8. The normalized spacial score (nSPS) is 11.4. The van der Waals surface area contributed by atoms with Gasteiger partial charge in [-0.25, -0.2) is 15.0 Å². The highest BCUT2D eigenvalue weighted by molar-refractivity contribution is 7.26. The highest BCUT2D eigenvalue weighted by Gasteiger charge is 2.19. The van der Waals surface area contributed by atoms with Crippen LogP contribution in [-0.2, 0) is 0 Å². The Morgan fingerprint density at radius 2 is 0.729 bits per heavy atom. The molecule has 0 spiro atoms. The maximum Gasteiger partial charge on any atom is 0.164 e. The molecule has 0 aliphatic rings. The molecule has 2 aromatic heterocycles. The van der Waals surface area contributed by atoms with Gasteiger partial charge in [0.05, 0.1) is 0 Å². The van der Waals surface area contributed by atoms with E-state index in [0.29, 0.717) is 17.5 Å². The minimum atomic E-state index is 0.639. The molecule has 276 valence electrons. The fraction of sp³-hybridized carbons (Fsp3) is 0. The van der Waals surface area contributed by atoms with Gasteiger partial charge < -0.3 is 0 Å². The van der Waals surface area contributed by atoms with E-state index < -0.39 is 0 Å². The number of rotatable bonds is 7. The minimum absolute atomic E-state index is 0.639. The number of benzene rings is 9. The van der Waals surface area contributed by atoms with Gasteiger partial charge in [0.25, 0.3) is 0 Å². The zero-order valence-electron chi connectivity index (χ0n) is 32.0. The van der Waals surface area contributed by atoms with E-state index in [2.05, 4.69) is 206 Å². The second kappa shape index (κ2) is 14.8. The first-order valence-corrected chi connectivity index (χ1v) is 20.7. The van der Waals surface area contributed by atoms with E-state index >= 15 is 0 Å². The van der Waals surface area contributed by atoms with Crippen LogP contribution in [0.5, 0.6) is 0 Å². The monoisotopic (exact) mass is 769 g/mol. The molecule has 2 heterocycles. The number of hydrogen-bond donors (Lipinski definition) is 0. The standard InChI is InChI=1S/C55H35N3S/c1-4-12-36(13-5-1)39-22-26-41(27-23-39)47-18-10-19-48-51-49(20-11-21-50(51)59-52(47)48)55-57-53(42-28-24-40(25-29-42)37-14-6-2-7-15-37)56-54(58-55)46-33-32-44-34-43(30-31-45(44)35-46)38-16-8-3-9-17-38/h1-35H. The van der Waals surface area contributed by atoms with Gasteiger partial charge in [-0.05, 0) is 73.5 Å². The van der Waals surface area contributed by atoms with E-state index in [-0.39, 0.29) is 0 Å². The number of aromatic nitrogens is 3. The molecule has 0 fully saturated rings. The fourth-order valence-corrected chi connectivity index (χ4v) is 9.39. The van der Waals surface area contributed by atoms with Crippen LogP contribution in [0.2, 0.25) is 0 Å². The average Bonchev–Trinajstić information content (AvgIpc) is 3.71. The van der Waals surface area contributed by atoms with Crippen LogP contribution in [0.25, 0.3) is 110 Å². The quantitative estimate of drug-likeness (QED) is 0.162. The first-order chi connectivity index (χ1) is 29.2. The molecule has 3 nitrogen and oxygen atoms in total. The average molecular weight is 770 g/mol. The molecule has 0 unspecified atom stereocenters. The van der Waals surface area contributed by atoms with Crippen molar-refractivity contribution in [2.75, 3.05) is 0 Å². The van der Waals surface area contributed by atoms with Crippen LogP contribution in [0.15, 0.2) is 212 Å². The van der Waals surface area contributed by atoms with Gasteiger partial charge >= 0.3 is 0 Å². The Balaban J connectivity index is 1.05. The largest absolute Gasteiger partial charge is 0.208 e. The van der Waals surface area contributed by atoms with E-state index in [4.69, 9.17) is 15.0 Å². The van der Waals surface area contributed by atoms with Gasteiger partial charge in [-0.2, -0.15) is 0 Å². The van der Waals surface area contributed by atoms with Crippen LogP contribution >= 0.6 is 11.3 Å². The lowest BCUT2D eigenvalue weighted by molar-refractivity contribution is 1.08. The van der Waals surface area contributed by atoms with Crippen molar-refractivity contribution in [2.24, 2.45) is 0 Å². The summed E-state index contributed by atoms with van der Waals surface area (Å²) in [6.45, 7) is 0. The minimum Gasteiger partial charge on any atom is -0.208 e. The maximum absolute atomic E-state index is 5.27. The van der Waals surface area contributed by atoms with E-state index in [0.717, 1.165) is 33.0 Å². The molecule has 0 saturated carbocycles. The van der Waals surface area contributed by atoms with Crippen LogP contribution < -0.4 is 0 Å². The summed E-state index contributed by atoms with van der Waals surface area (Å²) in [6.07, 6.45) is 0. The van der Waals surface area contributed by atoms with Crippen molar-refractivity contribution < 1.29 is 0 Å². The zero-order valence-corrected chi connectivity index (χ0v) is 32.8. The van der Waals surface area contributed by atoms with Gasteiger partial charge in [-0.1, -0.05) is 194 Å². The number of thiophene rings is 1. The summed E-state index contributed by atoms with van der Waals surface area (Å²) >= 11 is 1.82. The SMILES string of the molecule is c1ccc(-c2ccc(-c3nc(-c4ccc5cc(-c6ccccc6)ccc5c4)nc(-c4cccc5sc6c(-c7ccc(-c8ccccc8)cc7)cccc6c45)n3)cc2)cc1. The molecule has 9 aromatic carbocycles. The summed E-state index contributed by atoms with van der Waals surface area (Å²) in [5, 5.41) is 4.65. The summed E-state index contributed by atoms with van der Waals surface area (Å²) in [5.74, 6) is 1.93. The van der Waals surface area contributed by atoms with Crippen LogP contribution in [0.1, 0.15) is 0 Å². The third-order valence-corrected chi connectivity index (χ3v) is 12.4.